The van der Waals surface area contributed by atoms with Crippen molar-refractivity contribution in [1.29, 1.82) is 0 Å². The molecule has 31 heavy (non-hydrogen) atoms. The molecule has 8 heteroatoms. The fourth-order valence-corrected chi connectivity index (χ4v) is 4.56. The van der Waals surface area contributed by atoms with Gasteiger partial charge in [-0.15, -0.1) is 24.0 Å². The van der Waals surface area contributed by atoms with Gasteiger partial charge in [0.1, 0.15) is 0 Å². The van der Waals surface area contributed by atoms with Crippen LogP contribution in [0.4, 0.5) is 5.69 Å². The quantitative estimate of drug-likeness (QED) is 0.271. The summed E-state index contributed by atoms with van der Waals surface area (Å²) >= 11 is 6.62. The number of halogens is 2. The summed E-state index contributed by atoms with van der Waals surface area (Å²) in [6.45, 7) is 9.46. The molecule has 2 N–H and O–H groups in total. The van der Waals surface area contributed by atoms with Crippen LogP contribution in [0.25, 0.3) is 0 Å². The highest BCUT2D eigenvalue weighted by molar-refractivity contribution is 14.0. The number of rotatable bonds is 9. The van der Waals surface area contributed by atoms with Crippen molar-refractivity contribution in [2.45, 2.75) is 39.2 Å². The lowest BCUT2D eigenvalue weighted by molar-refractivity contribution is 0.0732. The molecule has 1 aromatic carbocycles. The first kappa shape index (κ1) is 26.5. The third-order valence-electron chi connectivity index (χ3n) is 6.56. The van der Waals surface area contributed by atoms with Gasteiger partial charge in [0.25, 0.3) is 0 Å². The fraction of sp³-hybridized carbons (Fsp3) is 0.696. The molecule has 1 aromatic rings. The number of anilines is 1. The summed E-state index contributed by atoms with van der Waals surface area (Å²) in [6, 6.07) is 6.19. The molecular weight excluding hydrogens is 525 g/mol. The highest BCUT2D eigenvalue weighted by atomic mass is 127. The fourth-order valence-electron chi connectivity index (χ4n) is 4.33. The van der Waals surface area contributed by atoms with Crippen LogP contribution in [0.2, 0.25) is 5.02 Å². The maximum atomic E-state index is 6.62. The summed E-state index contributed by atoms with van der Waals surface area (Å²) in [6.07, 6.45) is 4.95. The molecule has 1 saturated heterocycles. The Bertz CT molecular complexity index is 705. The van der Waals surface area contributed by atoms with Gasteiger partial charge in [0.15, 0.2) is 5.96 Å². The SMILES string of the molecule is CCNC(=NCc1c(Cl)cccc1N1CCN(C)CC1)NCC1(CCOC)CCC1.I. The number of methoxy groups -OCH3 is 1. The number of hydrogen-bond acceptors (Lipinski definition) is 4. The first-order valence-corrected chi connectivity index (χ1v) is 11.7. The molecule has 0 amide bonds. The van der Waals surface area contributed by atoms with Crippen LogP contribution >= 0.6 is 35.6 Å². The van der Waals surface area contributed by atoms with E-state index in [-0.39, 0.29) is 24.0 Å². The van der Waals surface area contributed by atoms with Gasteiger partial charge in [-0.1, -0.05) is 24.1 Å². The van der Waals surface area contributed by atoms with E-state index in [2.05, 4.69) is 40.5 Å². The highest BCUT2D eigenvalue weighted by Crippen LogP contribution is 2.43. The minimum Gasteiger partial charge on any atom is -0.385 e. The second-order valence-corrected chi connectivity index (χ2v) is 9.08. The van der Waals surface area contributed by atoms with Crippen LogP contribution in [0.15, 0.2) is 23.2 Å². The summed E-state index contributed by atoms with van der Waals surface area (Å²) in [7, 11) is 3.96. The first-order chi connectivity index (χ1) is 14.6. The van der Waals surface area contributed by atoms with Crippen LogP contribution in [0, 0.1) is 5.41 Å². The van der Waals surface area contributed by atoms with Gasteiger partial charge >= 0.3 is 0 Å². The molecule has 3 rings (SSSR count). The van der Waals surface area contributed by atoms with Gasteiger partial charge < -0.3 is 25.2 Å². The summed E-state index contributed by atoms with van der Waals surface area (Å²) in [5, 5.41) is 7.78. The van der Waals surface area contributed by atoms with Crippen molar-refractivity contribution in [3.8, 4) is 0 Å². The summed E-state index contributed by atoms with van der Waals surface area (Å²) in [4.78, 5) is 9.70. The van der Waals surface area contributed by atoms with Crippen molar-refractivity contribution in [3.63, 3.8) is 0 Å². The summed E-state index contributed by atoms with van der Waals surface area (Å²) in [5.41, 5.74) is 2.67. The average Bonchev–Trinajstić information content (AvgIpc) is 2.72. The number of piperazine rings is 1. The van der Waals surface area contributed by atoms with Crippen LogP contribution in [-0.2, 0) is 11.3 Å². The number of benzene rings is 1. The maximum absolute atomic E-state index is 6.62. The second kappa shape index (κ2) is 13.1. The van der Waals surface area contributed by atoms with Crippen molar-refractivity contribution in [1.82, 2.24) is 15.5 Å². The molecule has 0 spiro atoms. The Morgan fingerprint density at radius 3 is 2.55 bits per heavy atom. The Balaban J connectivity index is 0.00000341. The van der Waals surface area contributed by atoms with Crippen molar-refractivity contribution in [3.05, 3.63) is 28.8 Å². The molecule has 2 fully saturated rings. The lowest BCUT2D eigenvalue weighted by atomic mass is 9.67. The van der Waals surface area contributed by atoms with Crippen molar-refractivity contribution in [2.24, 2.45) is 10.4 Å². The Morgan fingerprint density at radius 1 is 1.19 bits per heavy atom. The largest absolute Gasteiger partial charge is 0.385 e. The van der Waals surface area contributed by atoms with Gasteiger partial charge in [-0.25, -0.2) is 4.99 Å². The smallest absolute Gasteiger partial charge is 0.191 e. The van der Waals surface area contributed by atoms with E-state index < -0.39 is 0 Å². The van der Waals surface area contributed by atoms with E-state index in [4.69, 9.17) is 21.3 Å². The Labute approximate surface area is 210 Å². The molecule has 1 heterocycles. The Hall–Kier alpha value is -0.770. The highest BCUT2D eigenvalue weighted by Gasteiger charge is 2.36. The second-order valence-electron chi connectivity index (χ2n) is 8.67. The van der Waals surface area contributed by atoms with Crippen molar-refractivity contribution >= 4 is 47.2 Å². The summed E-state index contributed by atoms with van der Waals surface area (Å²) < 4.78 is 5.33. The monoisotopic (exact) mass is 563 g/mol. The zero-order valence-corrected chi connectivity index (χ0v) is 22.3. The van der Waals surface area contributed by atoms with Gasteiger partial charge in [0.05, 0.1) is 6.54 Å². The lowest BCUT2D eigenvalue weighted by Crippen LogP contribution is -2.47. The number of guanidine groups is 1. The number of aliphatic imine (C=N–C) groups is 1. The third kappa shape index (κ3) is 7.37. The van der Waals surface area contributed by atoms with Gasteiger partial charge in [-0.3, -0.25) is 0 Å². The van der Waals surface area contributed by atoms with Crippen molar-refractivity contribution < 1.29 is 4.74 Å². The zero-order chi connectivity index (χ0) is 21.4. The molecule has 6 nitrogen and oxygen atoms in total. The Morgan fingerprint density at radius 2 is 1.94 bits per heavy atom. The van der Waals surface area contributed by atoms with E-state index in [9.17, 15) is 0 Å². The normalized spacial score (nSPS) is 18.8. The zero-order valence-electron chi connectivity index (χ0n) is 19.3. The van der Waals surface area contributed by atoms with Crippen LogP contribution in [0.1, 0.15) is 38.2 Å². The summed E-state index contributed by atoms with van der Waals surface area (Å²) in [5.74, 6) is 0.866. The minimum absolute atomic E-state index is 0. The van der Waals surface area contributed by atoms with Crippen LogP contribution in [-0.4, -0.2) is 70.9 Å². The van der Waals surface area contributed by atoms with Crippen LogP contribution in [0.5, 0.6) is 0 Å². The number of nitrogens with one attached hydrogen (secondary N) is 2. The van der Waals surface area contributed by atoms with E-state index in [1.54, 1.807) is 7.11 Å². The number of nitrogens with zero attached hydrogens (tertiary/aromatic N) is 3. The Kier molecular flexibility index (Phi) is 11.2. The van der Waals surface area contributed by atoms with Gasteiger partial charge in [0.2, 0.25) is 0 Å². The predicted octanol–water partition coefficient (Wildman–Crippen LogP) is 3.97. The topological polar surface area (TPSA) is 52.1 Å². The number of ether oxygens (including phenoxy) is 1. The van der Waals surface area contributed by atoms with E-state index >= 15 is 0 Å². The molecule has 0 aromatic heterocycles. The first-order valence-electron chi connectivity index (χ1n) is 11.3. The molecule has 0 radical (unpaired) electrons. The van der Waals surface area contributed by atoms with E-state index in [1.807, 2.05) is 12.1 Å². The van der Waals surface area contributed by atoms with E-state index in [0.717, 1.165) is 68.8 Å². The predicted molar refractivity (Wildman–Crippen MR) is 142 cm³/mol. The van der Waals surface area contributed by atoms with Gasteiger partial charge in [-0.2, -0.15) is 0 Å². The van der Waals surface area contributed by atoms with Gasteiger partial charge in [-0.05, 0) is 50.8 Å². The molecule has 2 aliphatic rings. The maximum Gasteiger partial charge on any atom is 0.191 e. The number of hydrogen-bond donors (Lipinski definition) is 2. The third-order valence-corrected chi connectivity index (χ3v) is 6.91. The van der Waals surface area contributed by atoms with E-state index in [1.165, 1.54) is 24.9 Å². The van der Waals surface area contributed by atoms with E-state index in [0.29, 0.717) is 12.0 Å². The molecule has 0 unspecified atom stereocenters. The molecular formula is C23H39ClIN5O. The number of likely N-dealkylation sites (N-methyl/N-ethyl adjacent to an activating group) is 1. The lowest BCUT2D eigenvalue weighted by Gasteiger charge is -2.42. The molecule has 1 aliphatic carbocycles. The van der Waals surface area contributed by atoms with Crippen LogP contribution < -0.4 is 15.5 Å². The molecule has 176 valence electrons. The van der Waals surface area contributed by atoms with Crippen molar-refractivity contribution in [2.75, 3.05) is 64.9 Å². The minimum atomic E-state index is 0. The standard InChI is InChI=1S/C23H38ClN5O.HI/c1-4-25-22(27-18-23(9-6-10-23)11-16-30-3)26-17-19-20(24)7-5-8-21(19)29-14-12-28(2)13-15-29;/h5,7-8H,4,6,9-18H2,1-3H3,(H2,25,26,27);1H. The molecule has 0 bridgehead atoms. The molecule has 1 aliphatic heterocycles. The molecule has 0 atom stereocenters. The van der Waals surface area contributed by atoms with Gasteiger partial charge in [0, 0.05) is 69.3 Å². The average molecular weight is 564 g/mol. The molecule has 1 saturated carbocycles. The van der Waals surface area contributed by atoms with Crippen LogP contribution in [0.3, 0.4) is 0 Å².